The molecular formula is C20H21N5O. The van der Waals surface area contributed by atoms with E-state index in [1.165, 1.54) is 30.8 Å². The van der Waals surface area contributed by atoms with Crippen LogP contribution in [0.3, 0.4) is 0 Å². The largest absolute Gasteiger partial charge is 0.350 e. The molecule has 2 aromatic rings. The van der Waals surface area contributed by atoms with Crippen molar-refractivity contribution in [3.05, 3.63) is 59.6 Å². The van der Waals surface area contributed by atoms with Crippen molar-refractivity contribution in [1.29, 1.82) is 5.26 Å². The van der Waals surface area contributed by atoms with Gasteiger partial charge in [0.05, 0.1) is 24.0 Å². The molecule has 0 unspecified atom stereocenters. The molecule has 26 heavy (non-hydrogen) atoms. The van der Waals surface area contributed by atoms with Gasteiger partial charge >= 0.3 is 0 Å². The van der Waals surface area contributed by atoms with Gasteiger partial charge in [-0.15, -0.1) is 0 Å². The Bertz CT molecular complexity index is 819. The summed E-state index contributed by atoms with van der Waals surface area (Å²) in [5.74, 6) is 0.331. The molecule has 1 aromatic heterocycles. The molecule has 1 aliphatic carbocycles. The maximum atomic E-state index is 12.1. The van der Waals surface area contributed by atoms with Crippen molar-refractivity contribution >= 4 is 17.4 Å². The fraction of sp³-hybridized carbons (Fsp3) is 0.300. The Kier molecular flexibility index (Phi) is 5.94. The first-order valence-corrected chi connectivity index (χ1v) is 8.80. The molecule has 1 aliphatic rings. The van der Waals surface area contributed by atoms with Crippen molar-refractivity contribution in [3.8, 4) is 6.07 Å². The number of hydrogen-bond acceptors (Lipinski definition) is 5. The number of rotatable bonds is 6. The number of carbonyl (C=O) groups is 1. The van der Waals surface area contributed by atoms with Gasteiger partial charge < -0.3 is 10.6 Å². The van der Waals surface area contributed by atoms with Crippen molar-refractivity contribution < 1.29 is 4.79 Å². The predicted octanol–water partition coefficient (Wildman–Crippen LogP) is 3.71. The molecule has 2 N–H and O–H groups in total. The monoisotopic (exact) mass is 347 g/mol. The Morgan fingerprint density at radius 2 is 2.00 bits per heavy atom. The number of nitrogens with one attached hydrogen (secondary N) is 2. The molecule has 0 radical (unpaired) electrons. The number of nitriles is 1. The SMILES string of the molecule is N#Cc1ccc(Nc2cnc(C(=O)NCCC3=CCCCC3)cn2)cc1. The van der Waals surface area contributed by atoms with Crippen LogP contribution in [0.2, 0.25) is 0 Å². The van der Waals surface area contributed by atoms with E-state index in [4.69, 9.17) is 5.26 Å². The summed E-state index contributed by atoms with van der Waals surface area (Å²) in [7, 11) is 0. The van der Waals surface area contributed by atoms with Gasteiger partial charge in [0.25, 0.3) is 5.91 Å². The zero-order valence-electron chi connectivity index (χ0n) is 14.5. The van der Waals surface area contributed by atoms with Crippen LogP contribution in [0, 0.1) is 11.3 Å². The van der Waals surface area contributed by atoms with E-state index in [0.29, 0.717) is 23.6 Å². The number of hydrogen-bond donors (Lipinski definition) is 2. The van der Waals surface area contributed by atoms with E-state index in [2.05, 4.69) is 32.7 Å². The molecule has 0 atom stereocenters. The molecule has 0 saturated carbocycles. The summed E-state index contributed by atoms with van der Waals surface area (Å²) in [6, 6.07) is 9.10. The third kappa shape index (κ3) is 4.90. The number of nitrogens with zero attached hydrogens (tertiary/aromatic N) is 3. The van der Waals surface area contributed by atoms with Gasteiger partial charge in [-0.05, 0) is 56.4 Å². The Labute approximate surface area is 153 Å². The van der Waals surface area contributed by atoms with Gasteiger partial charge in [-0.1, -0.05) is 11.6 Å². The van der Waals surface area contributed by atoms with Gasteiger partial charge in [0.15, 0.2) is 0 Å². The van der Waals surface area contributed by atoms with Crippen LogP contribution >= 0.6 is 0 Å². The summed E-state index contributed by atoms with van der Waals surface area (Å²) < 4.78 is 0. The predicted molar refractivity (Wildman–Crippen MR) is 100.0 cm³/mol. The fourth-order valence-electron chi connectivity index (χ4n) is 2.84. The lowest BCUT2D eigenvalue weighted by Crippen LogP contribution is -2.26. The van der Waals surface area contributed by atoms with Crippen LogP contribution in [-0.4, -0.2) is 22.4 Å². The first-order chi connectivity index (χ1) is 12.7. The van der Waals surface area contributed by atoms with Crippen LogP contribution in [0.5, 0.6) is 0 Å². The molecular weight excluding hydrogens is 326 g/mol. The van der Waals surface area contributed by atoms with Gasteiger partial charge in [0, 0.05) is 12.2 Å². The highest BCUT2D eigenvalue weighted by Gasteiger charge is 2.09. The number of anilines is 2. The zero-order chi connectivity index (χ0) is 18.2. The number of aromatic nitrogens is 2. The van der Waals surface area contributed by atoms with Crippen LogP contribution in [0.25, 0.3) is 0 Å². The summed E-state index contributed by atoms with van der Waals surface area (Å²) in [6.45, 7) is 0.623. The van der Waals surface area contributed by atoms with Crippen LogP contribution in [0.4, 0.5) is 11.5 Å². The molecule has 132 valence electrons. The summed E-state index contributed by atoms with van der Waals surface area (Å²) in [6.07, 6.45) is 11.0. The van der Waals surface area contributed by atoms with Crippen molar-refractivity contribution in [1.82, 2.24) is 15.3 Å². The molecule has 6 nitrogen and oxygen atoms in total. The Hall–Kier alpha value is -3.20. The molecule has 0 bridgehead atoms. The molecule has 0 spiro atoms. The minimum absolute atomic E-state index is 0.209. The standard InChI is InChI=1S/C20H21N5O/c21-12-16-6-8-17(9-7-16)25-19-14-23-18(13-24-19)20(26)22-11-10-15-4-2-1-3-5-15/h4,6-9,13-14H,1-3,5,10-11H2,(H,22,26)(H,24,25). The molecule has 1 amide bonds. The molecule has 1 heterocycles. The summed E-state index contributed by atoms with van der Waals surface area (Å²) in [5, 5.41) is 14.8. The van der Waals surface area contributed by atoms with Gasteiger partial charge in [-0.25, -0.2) is 9.97 Å². The first kappa shape index (κ1) is 17.6. The number of benzene rings is 1. The molecule has 3 rings (SSSR count). The quantitative estimate of drug-likeness (QED) is 0.777. The van der Waals surface area contributed by atoms with Crippen LogP contribution in [0.1, 0.15) is 48.2 Å². The number of amides is 1. The Morgan fingerprint density at radius 3 is 2.65 bits per heavy atom. The lowest BCUT2D eigenvalue weighted by molar-refractivity contribution is 0.0948. The second-order valence-corrected chi connectivity index (χ2v) is 6.22. The van der Waals surface area contributed by atoms with E-state index in [1.807, 2.05) is 0 Å². The molecule has 6 heteroatoms. The van der Waals surface area contributed by atoms with E-state index in [1.54, 1.807) is 24.3 Å². The van der Waals surface area contributed by atoms with Crippen molar-refractivity contribution in [2.24, 2.45) is 0 Å². The highest BCUT2D eigenvalue weighted by Crippen LogP contribution is 2.19. The van der Waals surface area contributed by atoms with Gasteiger partial charge in [-0.2, -0.15) is 5.26 Å². The average Bonchev–Trinajstić information content (AvgIpc) is 2.70. The van der Waals surface area contributed by atoms with Crippen molar-refractivity contribution in [2.75, 3.05) is 11.9 Å². The van der Waals surface area contributed by atoms with E-state index in [0.717, 1.165) is 24.9 Å². The van der Waals surface area contributed by atoms with Crippen LogP contribution in [0.15, 0.2) is 48.3 Å². The van der Waals surface area contributed by atoms with E-state index in [-0.39, 0.29) is 5.91 Å². The minimum atomic E-state index is -0.209. The molecule has 0 saturated heterocycles. The molecule has 1 aromatic carbocycles. The zero-order valence-corrected chi connectivity index (χ0v) is 14.5. The maximum Gasteiger partial charge on any atom is 0.271 e. The van der Waals surface area contributed by atoms with Crippen molar-refractivity contribution in [3.63, 3.8) is 0 Å². The normalized spacial score (nSPS) is 13.4. The summed E-state index contributed by atoms with van der Waals surface area (Å²) in [5.41, 5.74) is 3.13. The fourth-order valence-corrected chi connectivity index (χ4v) is 2.84. The lowest BCUT2D eigenvalue weighted by Gasteiger charge is -2.12. The molecule has 0 aliphatic heterocycles. The van der Waals surface area contributed by atoms with Gasteiger partial charge in [-0.3, -0.25) is 4.79 Å². The second kappa shape index (κ2) is 8.77. The minimum Gasteiger partial charge on any atom is -0.350 e. The lowest BCUT2D eigenvalue weighted by atomic mass is 9.97. The summed E-state index contributed by atoms with van der Waals surface area (Å²) in [4.78, 5) is 20.5. The number of allylic oxidation sites excluding steroid dienone is 1. The van der Waals surface area contributed by atoms with E-state index in [9.17, 15) is 4.79 Å². The summed E-state index contributed by atoms with van der Waals surface area (Å²) >= 11 is 0. The van der Waals surface area contributed by atoms with E-state index < -0.39 is 0 Å². The number of carbonyl (C=O) groups excluding carboxylic acids is 1. The third-order valence-electron chi connectivity index (χ3n) is 4.29. The van der Waals surface area contributed by atoms with E-state index >= 15 is 0 Å². The Balaban J connectivity index is 1.50. The second-order valence-electron chi connectivity index (χ2n) is 6.22. The maximum absolute atomic E-state index is 12.1. The van der Waals surface area contributed by atoms with Crippen LogP contribution < -0.4 is 10.6 Å². The van der Waals surface area contributed by atoms with Gasteiger partial charge in [0.2, 0.25) is 0 Å². The third-order valence-corrected chi connectivity index (χ3v) is 4.29. The smallest absolute Gasteiger partial charge is 0.271 e. The highest BCUT2D eigenvalue weighted by molar-refractivity contribution is 5.92. The average molecular weight is 347 g/mol. The first-order valence-electron chi connectivity index (χ1n) is 8.80. The molecule has 0 fully saturated rings. The van der Waals surface area contributed by atoms with Crippen LogP contribution in [-0.2, 0) is 0 Å². The highest BCUT2D eigenvalue weighted by atomic mass is 16.1. The Morgan fingerprint density at radius 1 is 1.15 bits per heavy atom. The topological polar surface area (TPSA) is 90.7 Å². The van der Waals surface area contributed by atoms with Gasteiger partial charge in [0.1, 0.15) is 11.5 Å². The van der Waals surface area contributed by atoms with Crippen molar-refractivity contribution in [2.45, 2.75) is 32.1 Å².